The summed E-state index contributed by atoms with van der Waals surface area (Å²) in [6.07, 6.45) is 7.93. The fraction of sp³-hybridized carbons (Fsp3) is 0.458. The number of rotatable bonds is 5. The van der Waals surface area contributed by atoms with Gasteiger partial charge in [-0.15, -0.1) is 0 Å². The molecule has 1 atom stereocenters. The maximum atomic E-state index is 13.3. The van der Waals surface area contributed by atoms with Crippen molar-refractivity contribution < 1.29 is 9.59 Å². The van der Waals surface area contributed by atoms with Crippen molar-refractivity contribution >= 4 is 11.8 Å². The Morgan fingerprint density at radius 1 is 1.14 bits per heavy atom. The monoisotopic (exact) mass is 391 g/mol. The number of aromatic nitrogens is 1. The molecule has 0 N–H and O–H groups in total. The van der Waals surface area contributed by atoms with Gasteiger partial charge in [0, 0.05) is 45.5 Å². The molecule has 2 fully saturated rings. The highest BCUT2D eigenvalue weighted by Crippen LogP contribution is 2.39. The maximum Gasteiger partial charge on any atom is 0.230 e. The van der Waals surface area contributed by atoms with Gasteiger partial charge in [-0.25, -0.2) is 0 Å². The van der Waals surface area contributed by atoms with Crippen LogP contribution in [0.5, 0.6) is 0 Å². The van der Waals surface area contributed by atoms with Crippen LogP contribution in [0.15, 0.2) is 48.8 Å². The molecule has 1 saturated heterocycles. The second-order valence-corrected chi connectivity index (χ2v) is 8.73. The van der Waals surface area contributed by atoms with Crippen LogP contribution < -0.4 is 0 Å². The van der Waals surface area contributed by atoms with Crippen molar-refractivity contribution in [2.45, 2.75) is 32.1 Å². The molecule has 2 aliphatic rings. The van der Waals surface area contributed by atoms with Crippen LogP contribution in [0.4, 0.5) is 0 Å². The molecule has 4 rings (SSSR count). The second-order valence-electron chi connectivity index (χ2n) is 8.73. The number of benzene rings is 1. The predicted molar refractivity (Wildman–Crippen MR) is 113 cm³/mol. The van der Waals surface area contributed by atoms with Crippen LogP contribution in [0.3, 0.4) is 0 Å². The number of nitrogens with zero attached hydrogens (tertiary/aromatic N) is 3. The fourth-order valence-corrected chi connectivity index (χ4v) is 4.57. The first-order chi connectivity index (χ1) is 14.0. The Kier molecular flexibility index (Phi) is 5.39. The summed E-state index contributed by atoms with van der Waals surface area (Å²) in [5, 5.41) is 0. The first-order valence-electron chi connectivity index (χ1n) is 10.5. The van der Waals surface area contributed by atoms with Gasteiger partial charge in [-0.1, -0.05) is 24.3 Å². The molecule has 0 unspecified atom stereocenters. The Morgan fingerprint density at radius 3 is 2.59 bits per heavy atom. The third-order valence-corrected chi connectivity index (χ3v) is 6.16. The average molecular weight is 392 g/mol. The van der Waals surface area contributed by atoms with Gasteiger partial charge in [0.05, 0.1) is 5.41 Å². The van der Waals surface area contributed by atoms with E-state index in [9.17, 15) is 9.59 Å². The molecule has 1 saturated carbocycles. The van der Waals surface area contributed by atoms with Crippen molar-refractivity contribution in [1.82, 2.24) is 14.8 Å². The van der Waals surface area contributed by atoms with E-state index in [1.165, 1.54) is 0 Å². The van der Waals surface area contributed by atoms with Crippen molar-refractivity contribution in [1.29, 1.82) is 0 Å². The number of piperidine rings is 1. The SMILES string of the molecule is CN(C)C(=O)[C@@]1(Cc2cccc(-c3ccncc3)c2)CCCN(C(=O)C2CC2)C1. The lowest BCUT2D eigenvalue weighted by molar-refractivity contribution is -0.147. The quantitative estimate of drug-likeness (QED) is 0.785. The Balaban J connectivity index is 1.62. The molecule has 29 heavy (non-hydrogen) atoms. The van der Waals surface area contributed by atoms with Gasteiger partial charge in [0.15, 0.2) is 0 Å². The van der Waals surface area contributed by atoms with Gasteiger partial charge in [-0.2, -0.15) is 0 Å². The average Bonchev–Trinajstić information content (AvgIpc) is 3.59. The zero-order valence-corrected chi connectivity index (χ0v) is 17.3. The third-order valence-electron chi connectivity index (χ3n) is 6.16. The molecule has 1 aromatic heterocycles. The molecule has 2 amide bonds. The van der Waals surface area contributed by atoms with E-state index in [2.05, 4.69) is 29.2 Å². The van der Waals surface area contributed by atoms with Gasteiger partial charge in [0.2, 0.25) is 11.8 Å². The van der Waals surface area contributed by atoms with E-state index in [1.807, 2.05) is 31.1 Å². The minimum absolute atomic E-state index is 0.125. The van der Waals surface area contributed by atoms with E-state index in [-0.39, 0.29) is 17.7 Å². The highest BCUT2D eigenvalue weighted by atomic mass is 16.2. The highest BCUT2D eigenvalue weighted by molar-refractivity contribution is 5.86. The normalized spacial score (nSPS) is 21.7. The van der Waals surface area contributed by atoms with Gasteiger partial charge in [-0.3, -0.25) is 14.6 Å². The van der Waals surface area contributed by atoms with Gasteiger partial charge in [0.1, 0.15) is 0 Å². The van der Waals surface area contributed by atoms with Gasteiger partial charge >= 0.3 is 0 Å². The number of likely N-dealkylation sites (tertiary alicyclic amines) is 1. The minimum atomic E-state index is -0.552. The van der Waals surface area contributed by atoms with E-state index in [1.54, 1.807) is 17.3 Å². The Morgan fingerprint density at radius 2 is 1.90 bits per heavy atom. The standard InChI is InChI=1S/C24H29N3O2/c1-26(2)23(29)24(11-4-14-27(17-24)22(28)20-7-8-20)16-18-5-3-6-21(15-18)19-9-12-25-13-10-19/h3,5-6,9-10,12-13,15,20H,4,7-8,11,14,16-17H2,1-2H3/t24-/m1/s1. The fourth-order valence-electron chi connectivity index (χ4n) is 4.57. The number of carbonyl (C=O) groups excluding carboxylic acids is 2. The molecule has 152 valence electrons. The number of amides is 2. The summed E-state index contributed by atoms with van der Waals surface area (Å²) in [6.45, 7) is 1.30. The second kappa shape index (κ2) is 7.97. The first kappa shape index (κ1) is 19.6. The van der Waals surface area contributed by atoms with Crippen molar-refractivity contribution in [3.05, 3.63) is 54.4 Å². The van der Waals surface area contributed by atoms with Crippen LogP contribution in [0.2, 0.25) is 0 Å². The summed E-state index contributed by atoms with van der Waals surface area (Å²) in [4.78, 5) is 33.8. The molecule has 5 nitrogen and oxygen atoms in total. The summed E-state index contributed by atoms with van der Waals surface area (Å²) in [5.41, 5.74) is 2.82. The lowest BCUT2D eigenvalue weighted by Gasteiger charge is -2.43. The number of pyridine rings is 1. The summed E-state index contributed by atoms with van der Waals surface area (Å²) in [7, 11) is 3.64. The molecule has 1 aliphatic carbocycles. The maximum absolute atomic E-state index is 13.3. The minimum Gasteiger partial charge on any atom is -0.348 e. The summed E-state index contributed by atoms with van der Waals surface area (Å²) in [6, 6.07) is 12.4. The van der Waals surface area contributed by atoms with Crippen LogP contribution in [-0.2, 0) is 16.0 Å². The predicted octanol–water partition coefficient (Wildman–Crippen LogP) is 3.40. The number of hydrogen-bond donors (Lipinski definition) is 0. The van der Waals surface area contributed by atoms with Gasteiger partial charge in [-0.05, 0) is 60.9 Å². The topological polar surface area (TPSA) is 53.5 Å². The van der Waals surface area contributed by atoms with Gasteiger partial charge < -0.3 is 9.80 Å². The van der Waals surface area contributed by atoms with Crippen molar-refractivity contribution in [3.8, 4) is 11.1 Å². The van der Waals surface area contributed by atoms with E-state index in [0.29, 0.717) is 13.0 Å². The molecule has 5 heteroatoms. The summed E-state index contributed by atoms with van der Waals surface area (Å²) in [5.74, 6) is 0.557. The molecular weight excluding hydrogens is 362 g/mol. The summed E-state index contributed by atoms with van der Waals surface area (Å²) >= 11 is 0. The Hall–Kier alpha value is -2.69. The van der Waals surface area contributed by atoms with Crippen molar-refractivity contribution in [2.75, 3.05) is 27.2 Å². The van der Waals surface area contributed by atoms with Crippen LogP contribution in [0, 0.1) is 11.3 Å². The van der Waals surface area contributed by atoms with Crippen molar-refractivity contribution in [2.24, 2.45) is 11.3 Å². The van der Waals surface area contributed by atoms with Crippen LogP contribution in [0.25, 0.3) is 11.1 Å². The van der Waals surface area contributed by atoms with Crippen LogP contribution in [0.1, 0.15) is 31.2 Å². The summed E-state index contributed by atoms with van der Waals surface area (Å²) < 4.78 is 0. The van der Waals surface area contributed by atoms with E-state index in [0.717, 1.165) is 48.9 Å². The lowest BCUT2D eigenvalue weighted by Crippen LogP contribution is -2.54. The van der Waals surface area contributed by atoms with Crippen molar-refractivity contribution in [3.63, 3.8) is 0 Å². The first-order valence-corrected chi connectivity index (χ1v) is 10.5. The Bertz CT molecular complexity index is 892. The molecule has 1 aliphatic heterocycles. The molecule has 2 heterocycles. The van der Waals surface area contributed by atoms with Crippen LogP contribution >= 0.6 is 0 Å². The third kappa shape index (κ3) is 4.19. The van der Waals surface area contributed by atoms with E-state index in [4.69, 9.17) is 0 Å². The molecule has 0 spiro atoms. The van der Waals surface area contributed by atoms with Crippen LogP contribution in [-0.4, -0.2) is 53.8 Å². The number of carbonyl (C=O) groups is 2. The molecule has 0 radical (unpaired) electrons. The molecular formula is C24H29N3O2. The van der Waals surface area contributed by atoms with Gasteiger partial charge in [0.25, 0.3) is 0 Å². The lowest BCUT2D eigenvalue weighted by atomic mass is 9.73. The molecule has 1 aromatic carbocycles. The number of hydrogen-bond acceptors (Lipinski definition) is 3. The molecule has 2 aromatic rings. The zero-order valence-electron chi connectivity index (χ0n) is 17.3. The van der Waals surface area contributed by atoms with E-state index >= 15 is 0 Å². The largest absolute Gasteiger partial charge is 0.348 e. The zero-order chi connectivity index (χ0) is 20.4. The molecule has 0 bridgehead atoms. The van der Waals surface area contributed by atoms with E-state index < -0.39 is 5.41 Å². The Labute approximate surface area is 172 Å². The smallest absolute Gasteiger partial charge is 0.230 e. The highest BCUT2D eigenvalue weighted by Gasteiger charge is 2.46.